The largest absolute Gasteiger partial charge is 0.490 e. The average Bonchev–Trinajstić information content (AvgIpc) is 2.94. The first-order valence-electron chi connectivity index (χ1n) is 12.7. The second-order valence-corrected chi connectivity index (χ2v) is 9.00. The smallest absolute Gasteiger partial charge is 0.343 e. The number of ether oxygens (including phenoxy) is 2. The monoisotopic (exact) mass is 535 g/mol. The molecule has 0 aromatic heterocycles. The molecule has 40 heavy (non-hydrogen) atoms. The molecule has 202 valence electrons. The van der Waals surface area contributed by atoms with Gasteiger partial charge in [-0.05, 0) is 87.0 Å². The van der Waals surface area contributed by atoms with E-state index in [1.165, 1.54) is 6.21 Å². The Morgan fingerprint density at radius 3 is 2.10 bits per heavy atom. The number of amides is 2. The lowest BCUT2D eigenvalue weighted by atomic mass is 10.1. The van der Waals surface area contributed by atoms with E-state index < -0.39 is 11.9 Å². The highest BCUT2D eigenvalue weighted by atomic mass is 16.6. The van der Waals surface area contributed by atoms with Crippen molar-refractivity contribution < 1.29 is 23.9 Å². The molecule has 0 spiro atoms. The van der Waals surface area contributed by atoms with E-state index in [1.54, 1.807) is 72.8 Å². The zero-order valence-electron chi connectivity index (χ0n) is 22.4. The molecule has 8 nitrogen and oxygen atoms in total. The van der Waals surface area contributed by atoms with Crippen LogP contribution in [0, 0.1) is 13.8 Å². The molecular weight excluding hydrogens is 506 g/mol. The maximum atomic E-state index is 12.7. The summed E-state index contributed by atoms with van der Waals surface area (Å²) in [5, 5.41) is 6.85. The molecule has 4 rings (SSSR count). The van der Waals surface area contributed by atoms with Crippen molar-refractivity contribution in [2.75, 3.05) is 11.9 Å². The number of nitrogens with zero attached hydrogens (tertiary/aromatic N) is 1. The molecule has 0 aliphatic heterocycles. The van der Waals surface area contributed by atoms with E-state index in [2.05, 4.69) is 15.8 Å². The lowest BCUT2D eigenvalue weighted by molar-refractivity contribution is 0.0727. The highest BCUT2D eigenvalue weighted by Crippen LogP contribution is 2.29. The molecular formula is C32H29N3O5. The van der Waals surface area contributed by atoms with Crippen LogP contribution in [0.4, 0.5) is 5.69 Å². The molecule has 0 saturated carbocycles. The number of esters is 1. The van der Waals surface area contributed by atoms with Gasteiger partial charge in [0.2, 0.25) is 0 Å². The fraction of sp³-hybridized carbons (Fsp3) is 0.125. The van der Waals surface area contributed by atoms with Gasteiger partial charge < -0.3 is 14.8 Å². The van der Waals surface area contributed by atoms with Crippen LogP contribution < -0.4 is 20.2 Å². The quantitative estimate of drug-likeness (QED) is 0.119. The zero-order chi connectivity index (χ0) is 28.5. The maximum Gasteiger partial charge on any atom is 0.343 e. The summed E-state index contributed by atoms with van der Waals surface area (Å²) in [5.74, 6) is -0.556. The molecule has 0 atom stereocenters. The third kappa shape index (κ3) is 7.41. The normalized spacial score (nSPS) is 10.7. The lowest BCUT2D eigenvalue weighted by Crippen LogP contribution is -2.18. The molecule has 0 saturated heterocycles. The molecule has 0 radical (unpaired) electrons. The fourth-order valence-corrected chi connectivity index (χ4v) is 3.85. The number of benzene rings is 4. The Hall–Kier alpha value is -5.24. The number of hydrogen-bond acceptors (Lipinski definition) is 6. The van der Waals surface area contributed by atoms with Crippen LogP contribution in [0.15, 0.2) is 96.1 Å². The molecule has 0 bridgehead atoms. The van der Waals surface area contributed by atoms with E-state index in [0.29, 0.717) is 40.3 Å². The van der Waals surface area contributed by atoms with Crippen molar-refractivity contribution >= 4 is 29.7 Å². The number of hydrazone groups is 1. The summed E-state index contributed by atoms with van der Waals surface area (Å²) in [5.41, 5.74) is 6.82. The van der Waals surface area contributed by atoms with Crippen molar-refractivity contribution in [3.05, 3.63) is 124 Å². The molecule has 2 amide bonds. The van der Waals surface area contributed by atoms with Crippen molar-refractivity contribution in [3.63, 3.8) is 0 Å². The van der Waals surface area contributed by atoms with Gasteiger partial charge in [-0.25, -0.2) is 10.2 Å². The predicted octanol–water partition coefficient (Wildman–Crippen LogP) is 5.94. The third-order valence-corrected chi connectivity index (χ3v) is 5.77. The Balaban J connectivity index is 1.40. The van der Waals surface area contributed by atoms with Crippen LogP contribution >= 0.6 is 0 Å². The second kappa shape index (κ2) is 13.0. The molecule has 0 fully saturated rings. The topological polar surface area (TPSA) is 106 Å². The molecule has 0 heterocycles. The first-order chi connectivity index (χ1) is 19.3. The van der Waals surface area contributed by atoms with Gasteiger partial charge in [-0.2, -0.15) is 5.10 Å². The van der Waals surface area contributed by atoms with Crippen molar-refractivity contribution in [1.29, 1.82) is 0 Å². The summed E-state index contributed by atoms with van der Waals surface area (Å²) in [6, 6.07) is 25.9. The second-order valence-electron chi connectivity index (χ2n) is 9.00. The van der Waals surface area contributed by atoms with Crippen LogP contribution in [0.25, 0.3) is 0 Å². The summed E-state index contributed by atoms with van der Waals surface area (Å²) >= 11 is 0. The summed E-state index contributed by atoms with van der Waals surface area (Å²) in [6.07, 6.45) is 1.45. The molecule has 0 aliphatic rings. The van der Waals surface area contributed by atoms with Crippen LogP contribution in [-0.4, -0.2) is 30.6 Å². The van der Waals surface area contributed by atoms with E-state index in [9.17, 15) is 14.4 Å². The average molecular weight is 536 g/mol. The molecule has 0 aliphatic carbocycles. The Labute approximate surface area is 232 Å². The number of carbonyl (C=O) groups is 3. The minimum Gasteiger partial charge on any atom is -0.490 e. The number of anilines is 1. The number of rotatable bonds is 9. The fourth-order valence-electron chi connectivity index (χ4n) is 3.85. The molecule has 4 aromatic rings. The molecule has 4 aromatic carbocycles. The Kier molecular flexibility index (Phi) is 9.04. The van der Waals surface area contributed by atoms with Crippen LogP contribution in [0.1, 0.15) is 54.7 Å². The van der Waals surface area contributed by atoms with Gasteiger partial charge >= 0.3 is 5.97 Å². The minimum absolute atomic E-state index is 0.266. The maximum absolute atomic E-state index is 12.7. The van der Waals surface area contributed by atoms with Gasteiger partial charge in [-0.1, -0.05) is 41.5 Å². The van der Waals surface area contributed by atoms with Crippen LogP contribution in [0.3, 0.4) is 0 Å². The zero-order valence-corrected chi connectivity index (χ0v) is 22.4. The van der Waals surface area contributed by atoms with E-state index in [1.807, 2.05) is 39.0 Å². The Morgan fingerprint density at radius 1 is 0.750 bits per heavy atom. The van der Waals surface area contributed by atoms with Gasteiger partial charge in [0.1, 0.15) is 0 Å². The Morgan fingerprint density at radius 2 is 1.40 bits per heavy atom. The first kappa shape index (κ1) is 27.8. The summed E-state index contributed by atoms with van der Waals surface area (Å²) < 4.78 is 11.2. The number of hydrogen-bond donors (Lipinski definition) is 2. The third-order valence-electron chi connectivity index (χ3n) is 5.77. The number of aryl methyl sites for hydroxylation is 2. The van der Waals surface area contributed by atoms with E-state index in [4.69, 9.17) is 9.47 Å². The minimum atomic E-state index is -0.490. The van der Waals surface area contributed by atoms with E-state index >= 15 is 0 Å². The van der Waals surface area contributed by atoms with Crippen molar-refractivity contribution in [1.82, 2.24) is 5.43 Å². The highest BCUT2D eigenvalue weighted by molar-refractivity contribution is 6.05. The molecule has 8 heteroatoms. The van der Waals surface area contributed by atoms with Crippen molar-refractivity contribution in [2.24, 2.45) is 5.10 Å². The van der Waals surface area contributed by atoms with E-state index in [0.717, 1.165) is 11.1 Å². The Bertz CT molecular complexity index is 1580. The van der Waals surface area contributed by atoms with Gasteiger partial charge in [0.25, 0.3) is 11.8 Å². The summed E-state index contributed by atoms with van der Waals surface area (Å²) in [7, 11) is 0. The highest BCUT2D eigenvalue weighted by Gasteiger charge is 2.14. The van der Waals surface area contributed by atoms with Crippen LogP contribution in [0.2, 0.25) is 0 Å². The first-order valence-corrected chi connectivity index (χ1v) is 12.7. The van der Waals surface area contributed by atoms with Gasteiger partial charge in [-0.3, -0.25) is 9.59 Å². The summed E-state index contributed by atoms with van der Waals surface area (Å²) in [6.45, 7) is 6.00. The summed E-state index contributed by atoms with van der Waals surface area (Å²) in [4.78, 5) is 37.8. The SMILES string of the molecule is CCOc1cc(C=NNC(=O)c2cccc(NC(=O)c3cccc(C)c3)c2)ccc1OC(=O)c1cccc(C)c1. The predicted molar refractivity (Wildman–Crippen MR) is 154 cm³/mol. The molecule has 2 N–H and O–H groups in total. The number of carbonyl (C=O) groups excluding carboxylic acids is 3. The van der Waals surface area contributed by atoms with Gasteiger partial charge in [-0.15, -0.1) is 0 Å². The van der Waals surface area contributed by atoms with Crippen LogP contribution in [0.5, 0.6) is 11.5 Å². The van der Waals surface area contributed by atoms with Crippen LogP contribution in [-0.2, 0) is 0 Å². The van der Waals surface area contributed by atoms with Gasteiger partial charge in [0.15, 0.2) is 11.5 Å². The molecule has 0 unspecified atom stereocenters. The number of nitrogens with one attached hydrogen (secondary N) is 2. The van der Waals surface area contributed by atoms with Gasteiger partial charge in [0, 0.05) is 16.8 Å². The van der Waals surface area contributed by atoms with E-state index in [-0.39, 0.29) is 11.7 Å². The standard InChI is InChI=1S/C32H29N3O5/c1-4-39-29-18-23(14-15-28(29)40-32(38)26-12-6-9-22(3)17-26)20-33-35-31(37)25-11-7-13-27(19-25)34-30(36)24-10-5-8-21(2)16-24/h5-20H,4H2,1-3H3,(H,34,36)(H,35,37). The van der Waals surface area contributed by atoms with Crippen molar-refractivity contribution in [2.45, 2.75) is 20.8 Å². The van der Waals surface area contributed by atoms with Gasteiger partial charge in [0.05, 0.1) is 18.4 Å². The lowest BCUT2D eigenvalue weighted by Gasteiger charge is -2.11. The van der Waals surface area contributed by atoms with Crippen molar-refractivity contribution in [3.8, 4) is 11.5 Å².